The Morgan fingerprint density at radius 3 is 2.82 bits per heavy atom. The first-order valence-electron chi connectivity index (χ1n) is 8.34. The van der Waals surface area contributed by atoms with Gasteiger partial charge < -0.3 is 10.4 Å². The number of carbonyl (C=O) groups excluding carboxylic acids is 1. The number of amides is 1. The van der Waals surface area contributed by atoms with E-state index >= 15 is 0 Å². The van der Waals surface area contributed by atoms with E-state index in [1.165, 1.54) is 12.8 Å². The van der Waals surface area contributed by atoms with Gasteiger partial charge in [0.05, 0.1) is 18.3 Å². The van der Waals surface area contributed by atoms with Crippen LogP contribution in [0.2, 0.25) is 0 Å². The van der Waals surface area contributed by atoms with E-state index in [2.05, 4.69) is 15.3 Å². The summed E-state index contributed by atoms with van der Waals surface area (Å²) in [7, 11) is 0. The van der Waals surface area contributed by atoms with Gasteiger partial charge in [0.25, 0.3) is 0 Å². The summed E-state index contributed by atoms with van der Waals surface area (Å²) in [5.41, 5.74) is 1.04. The second-order valence-corrected chi connectivity index (χ2v) is 6.62. The summed E-state index contributed by atoms with van der Waals surface area (Å²) in [6.45, 7) is 4.32. The molecule has 1 aromatic heterocycles. The molecule has 1 aliphatic heterocycles. The molecule has 2 aliphatic rings. The van der Waals surface area contributed by atoms with Crippen LogP contribution < -0.4 is 5.32 Å². The third-order valence-electron chi connectivity index (χ3n) is 4.85. The van der Waals surface area contributed by atoms with Crippen LogP contribution in [0.25, 0.3) is 0 Å². The van der Waals surface area contributed by atoms with E-state index in [1.54, 1.807) is 10.9 Å². The van der Waals surface area contributed by atoms with Crippen LogP contribution in [0.5, 0.6) is 0 Å². The SMILES string of the molecule is Cc1cnn(CC(=O)N[C@@H]2CCC[C@@H](N3CCCC3)[C@@H]2O)c1. The van der Waals surface area contributed by atoms with Gasteiger partial charge in [-0.1, -0.05) is 0 Å². The molecule has 0 bridgehead atoms. The highest BCUT2D eigenvalue weighted by molar-refractivity contribution is 5.76. The van der Waals surface area contributed by atoms with E-state index in [0.717, 1.165) is 37.9 Å². The van der Waals surface area contributed by atoms with Crippen LogP contribution in [0.1, 0.15) is 37.7 Å². The normalized spacial score (nSPS) is 29.6. The molecule has 2 fully saturated rings. The maximum Gasteiger partial charge on any atom is 0.242 e. The molecular weight excluding hydrogens is 280 g/mol. The van der Waals surface area contributed by atoms with E-state index < -0.39 is 6.10 Å². The van der Waals surface area contributed by atoms with Gasteiger partial charge in [0, 0.05) is 12.2 Å². The fourth-order valence-corrected chi connectivity index (χ4v) is 3.74. The highest BCUT2D eigenvalue weighted by atomic mass is 16.3. The minimum atomic E-state index is -0.463. The summed E-state index contributed by atoms with van der Waals surface area (Å²) in [5, 5.41) is 17.8. The summed E-state index contributed by atoms with van der Waals surface area (Å²) in [6, 6.07) is 0.0667. The zero-order chi connectivity index (χ0) is 15.5. The lowest BCUT2D eigenvalue weighted by atomic mass is 9.87. The predicted octanol–water partition coefficient (Wildman–Crippen LogP) is 0.686. The Morgan fingerprint density at radius 2 is 2.14 bits per heavy atom. The average Bonchev–Trinajstić information content (AvgIpc) is 3.13. The number of carbonyl (C=O) groups is 1. The molecule has 1 amide bonds. The molecule has 6 nitrogen and oxygen atoms in total. The topological polar surface area (TPSA) is 70.4 Å². The average molecular weight is 306 g/mol. The molecule has 6 heteroatoms. The number of likely N-dealkylation sites (tertiary alicyclic amines) is 1. The minimum absolute atomic E-state index is 0.0748. The van der Waals surface area contributed by atoms with Crippen molar-refractivity contribution in [2.75, 3.05) is 13.1 Å². The molecule has 0 spiro atoms. The number of rotatable bonds is 4. The van der Waals surface area contributed by atoms with Crippen molar-refractivity contribution in [3.05, 3.63) is 18.0 Å². The standard InChI is InChI=1S/C16H26N4O2/c1-12-9-17-20(10-12)11-15(21)18-13-5-4-6-14(16(13)22)19-7-2-3-8-19/h9-10,13-14,16,22H,2-8,11H2,1H3,(H,18,21)/t13-,14-,16-/m1/s1. The van der Waals surface area contributed by atoms with Gasteiger partial charge in [0.2, 0.25) is 5.91 Å². The highest BCUT2D eigenvalue weighted by Gasteiger charge is 2.36. The molecule has 2 heterocycles. The Morgan fingerprint density at radius 1 is 1.36 bits per heavy atom. The molecule has 3 atom stereocenters. The summed E-state index contributed by atoms with van der Waals surface area (Å²) < 4.78 is 1.64. The van der Waals surface area contributed by atoms with Crippen molar-refractivity contribution in [3.8, 4) is 0 Å². The number of hydrogen-bond donors (Lipinski definition) is 2. The van der Waals surface area contributed by atoms with Gasteiger partial charge in [-0.2, -0.15) is 5.10 Å². The number of nitrogens with zero attached hydrogens (tertiary/aromatic N) is 3. The maximum atomic E-state index is 12.2. The van der Waals surface area contributed by atoms with Gasteiger partial charge in [-0.25, -0.2) is 0 Å². The molecule has 1 saturated heterocycles. The quantitative estimate of drug-likeness (QED) is 0.858. The molecule has 1 aliphatic carbocycles. The highest BCUT2D eigenvalue weighted by Crippen LogP contribution is 2.26. The van der Waals surface area contributed by atoms with Gasteiger partial charge in [0.15, 0.2) is 0 Å². The van der Waals surface area contributed by atoms with Crippen molar-refractivity contribution < 1.29 is 9.90 Å². The number of nitrogens with one attached hydrogen (secondary N) is 1. The van der Waals surface area contributed by atoms with E-state index in [4.69, 9.17) is 0 Å². The molecule has 122 valence electrons. The van der Waals surface area contributed by atoms with E-state index in [0.29, 0.717) is 0 Å². The Hall–Kier alpha value is -1.40. The maximum absolute atomic E-state index is 12.2. The van der Waals surface area contributed by atoms with Crippen molar-refractivity contribution in [1.29, 1.82) is 0 Å². The zero-order valence-electron chi connectivity index (χ0n) is 13.2. The van der Waals surface area contributed by atoms with Gasteiger partial charge in [-0.15, -0.1) is 0 Å². The Labute approximate surface area is 131 Å². The summed E-state index contributed by atoms with van der Waals surface area (Å²) in [6.07, 6.45) is 8.52. The first-order valence-corrected chi connectivity index (χ1v) is 8.34. The molecular formula is C16H26N4O2. The lowest BCUT2D eigenvalue weighted by Gasteiger charge is -2.40. The van der Waals surface area contributed by atoms with E-state index in [-0.39, 0.29) is 24.5 Å². The van der Waals surface area contributed by atoms with Gasteiger partial charge in [-0.05, 0) is 57.7 Å². The molecule has 1 saturated carbocycles. The Kier molecular flexibility index (Phi) is 4.78. The number of aliphatic hydroxyl groups excluding tert-OH is 1. The van der Waals surface area contributed by atoms with Crippen molar-refractivity contribution >= 4 is 5.91 Å². The second kappa shape index (κ2) is 6.79. The number of hydrogen-bond acceptors (Lipinski definition) is 4. The first-order chi connectivity index (χ1) is 10.6. The van der Waals surface area contributed by atoms with Crippen LogP contribution in [-0.2, 0) is 11.3 Å². The molecule has 22 heavy (non-hydrogen) atoms. The van der Waals surface area contributed by atoms with Gasteiger partial charge >= 0.3 is 0 Å². The third kappa shape index (κ3) is 3.50. The van der Waals surface area contributed by atoms with Crippen molar-refractivity contribution in [2.24, 2.45) is 0 Å². The van der Waals surface area contributed by atoms with Crippen LogP contribution in [0.15, 0.2) is 12.4 Å². The van der Waals surface area contributed by atoms with E-state index in [9.17, 15) is 9.90 Å². The third-order valence-corrected chi connectivity index (χ3v) is 4.85. The summed E-state index contributed by atoms with van der Waals surface area (Å²) >= 11 is 0. The molecule has 0 radical (unpaired) electrons. The van der Waals surface area contributed by atoms with Gasteiger partial charge in [-0.3, -0.25) is 14.4 Å². The van der Waals surface area contributed by atoms with Crippen LogP contribution in [-0.4, -0.2) is 57.0 Å². The molecule has 3 rings (SSSR count). The number of aryl methyl sites for hydroxylation is 1. The van der Waals surface area contributed by atoms with Crippen LogP contribution in [0.4, 0.5) is 0 Å². The predicted molar refractivity (Wildman–Crippen MR) is 83.3 cm³/mol. The smallest absolute Gasteiger partial charge is 0.242 e. The monoisotopic (exact) mass is 306 g/mol. The fraction of sp³-hybridized carbons (Fsp3) is 0.750. The molecule has 2 N–H and O–H groups in total. The van der Waals surface area contributed by atoms with Crippen molar-refractivity contribution in [1.82, 2.24) is 20.0 Å². The largest absolute Gasteiger partial charge is 0.389 e. The first kappa shape index (κ1) is 15.5. The fourth-order valence-electron chi connectivity index (χ4n) is 3.74. The Bertz CT molecular complexity index is 510. The molecule has 0 aromatic carbocycles. The summed E-state index contributed by atoms with van der Waals surface area (Å²) in [5.74, 6) is -0.0748. The second-order valence-electron chi connectivity index (χ2n) is 6.62. The number of aromatic nitrogens is 2. The van der Waals surface area contributed by atoms with Crippen LogP contribution in [0.3, 0.4) is 0 Å². The number of aliphatic hydroxyl groups is 1. The Balaban J connectivity index is 1.55. The lowest BCUT2D eigenvalue weighted by molar-refractivity contribution is -0.124. The molecule has 0 unspecified atom stereocenters. The minimum Gasteiger partial charge on any atom is -0.389 e. The van der Waals surface area contributed by atoms with Gasteiger partial charge in [0.1, 0.15) is 6.54 Å². The van der Waals surface area contributed by atoms with Crippen LogP contribution in [0, 0.1) is 6.92 Å². The molecule has 1 aromatic rings. The van der Waals surface area contributed by atoms with Crippen molar-refractivity contribution in [2.45, 2.75) is 63.8 Å². The van der Waals surface area contributed by atoms with Crippen molar-refractivity contribution in [3.63, 3.8) is 0 Å². The zero-order valence-corrected chi connectivity index (χ0v) is 13.2. The van der Waals surface area contributed by atoms with E-state index in [1.807, 2.05) is 13.1 Å². The van der Waals surface area contributed by atoms with Crippen LogP contribution >= 0.6 is 0 Å². The lowest BCUT2D eigenvalue weighted by Crippen LogP contribution is -2.56. The summed E-state index contributed by atoms with van der Waals surface area (Å²) in [4.78, 5) is 14.6.